The Morgan fingerprint density at radius 3 is 2.74 bits per heavy atom. The van der Waals surface area contributed by atoms with E-state index in [0.29, 0.717) is 6.04 Å². The van der Waals surface area contributed by atoms with E-state index in [1.165, 1.54) is 0 Å². The molecule has 0 amide bonds. The molecule has 19 heavy (non-hydrogen) atoms. The van der Waals surface area contributed by atoms with Crippen LogP contribution in [0.25, 0.3) is 0 Å². The number of rotatable bonds is 4. The Labute approximate surface area is 115 Å². The molecule has 1 heterocycles. The average Bonchev–Trinajstić information content (AvgIpc) is 2.39. The fraction of sp³-hybridized carbons (Fsp3) is 0.533. The number of benzene rings is 1. The van der Waals surface area contributed by atoms with E-state index in [-0.39, 0.29) is 5.84 Å². The highest BCUT2D eigenvalue weighted by Crippen LogP contribution is 2.15. The van der Waals surface area contributed by atoms with Crippen molar-refractivity contribution in [2.45, 2.75) is 26.4 Å². The van der Waals surface area contributed by atoms with Crippen LogP contribution in [-0.4, -0.2) is 47.9 Å². The van der Waals surface area contributed by atoms with E-state index in [1.54, 1.807) is 0 Å². The Morgan fingerprint density at radius 2 is 2.11 bits per heavy atom. The quantitative estimate of drug-likeness (QED) is 0.637. The van der Waals surface area contributed by atoms with Gasteiger partial charge in [0.25, 0.3) is 0 Å². The van der Waals surface area contributed by atoms with Crippen LogP contribution in [-0.2, 0) is 6.54 Å². The number of nitrogen functional groups attached to an aromatic ring is 1. The standard InChI is InChI=1S/C15H24N4/c1-3-19-9-8-18(10-12(19)2)11-13-6-4-5-7-14(13)15(16)17/h4-7,12H,3,8-11H2,1-2H3,(H3,16,17). The lowest BCUT2D eigenvalue weighted by Gasteiger charge is -2.39. The first kappa shape index (κ1) is 14.0. The third kappa shape index (κ3) is 3.33. The van der Waals surface area contributed by atoms with E-state index in [0.717, 1.165) is 43.9 Å². The number of likely N-dealkylation sites (N-methyl/N-ethyl adjacent to an activating group) is 1. The van der Waals surface area contributed by atoms with Crippen molar-refractivity contribution in [1.82, 2.24) is 9.80 Å². The van der Waals surface area contributed by atoms with E-state index < -0.39 is 0 Å². The zero-order chi connectivity index (χ0) is 13.8. The molecule has 1 atom stereocenters. The predicted octanol–water partition coefficient (Wildman–Crippen LogP) is 1.50. The Kier molecular flexibility index (Phi) is 4.56. The van der Waals surface area contributed by atoms with Crippen molar-refractivity contribution < 1.29 is 0 Å². The zero-order valence-corrected chi connectivity index (χ0v) is 11.9. The number of piperazine rings is 1. The molecule has 0 aromatic heterocycles. The lowest BCUT2D eigenvalue weighted by molar-refractivity contribution is 0.0834. The van der Waals surface area contributed by atoms with Crippen LogP contribution in [0.5, 0.6) is 0 Å². The highest BCUT2D eigenvalue weighted by molar-refractivity contribution is 5.96. The van der Waals surface area contributed by atoms with Crippen molar-refractivity contribution in [3.63, 3.8) is 0 Å². The molecule has 2 rings (SSSR count). The number of amidine groups is 1. The van der Waals surface area contributed by atoms with Crippen molar-refractivity contribution in [3.8, 4) is 0 Å². The molecule has 1 unspecified atom stereocenters. The largest absolute Gasteiger partial charge is 0.384 e. The lowest BCUT2D eigenvalue weighted by Crippen LogP contribution is -2.51. The summed E-state index contributed by atoms with van der Waals surface area (Å²) in [6.45, 7) is 9.81. The number of nitrogens with zero attached hydrogens (tertiary/aromatic N) is 2. The molecule has 0 aliphatic carbocycles. The number of nitrogens with one attached hydrogen (secondary N) is 1. The van der Waals surface area contributed by atoms with Crippen molar-refractivity contribution in [2.75, 3.05) is 26.2 Å². The van der Waals surface area contributed by atoms with Gasteiger partial charge in [0.1, 0.15) is 5.84 Å². The van der Waals surface area contributed by atoms with Crippen LogP contribution in [0.1, 0.15) is 25.0 Å². The number of hydrogen-bond acceptors (Lipinski definition) is 3. The first-order chi connectivity index (χ1) is 9.11. The second-order valence-electron chi connectivity index (χ2n) is 5.28. The Bertz CT molecular complexity index is 444. The van der Waals surface area contributed by atoms with Gasteiger partial charge in [-0.05, 0) is 19.0 Å². The highest BCUT2D eigenvalue weighted by Gasteiger charge is 2.22. The minimum atomic E-state index is 0.163. The monoisotopic (exact) mass is 260 g/mol. The molecule has 0 spiro atoms. The molecule has 4 heteroatoms. The van der Waals surface area contributed by atoms with E-state index in [4.69, 9.17) is 11.1 Å². The lowest BCUT2D eigenvalue weighted by atomic mass is 10.1. The van der Waals surface area contributed by atoms with Gasteiger partial charge in [0, 0.05) is 37.8 Å². The molecule has 0 saturated carbocycles. The average molecular weight is 260 g/mol. The fourth-order valence-corrected chi connectivity index (χ4v) is 2.85. The summed E-state index contributed by atoms with van der Waals surface area (Å²) < 4.78 is 0. The fourth-order valence-electron chi connectivity index (χ4n) is 2.85. The van der Waals surface area contributed by atoms with Gasteiger partial charge in [-0.15, -0.1) is 0 Å². The molecule has 104 valence electrons. The minimum absolute atomic E-state index is 0.163. The first-order valence-electron chi connectivity index (χ1n) is 7.00. The van der Waals surface area contributed by atoms with Crippen LogP contribution in [0.2, 0.25) is 0 Å². The molecule has 1 aromatic rings. The van der Waals surface area contributed by atoms with Crippen LogP contribution in [0.15, 0.2) is 24.3 Å². The number of hydrogen-bond donors (Lipinski definition) is 2. The maximum atomic E-state index is 7.65. The molecule has 0 bridgehead atoms. The Hall–Kier alpha value is -1.39. The molecule has 1 saturated heterocycles. The molecular formula is C15H24N4. The third-order valence-corrected chi connectivity index (χ3v) is 3.96. The summed E-state index contributed by atoms with van der Waals surface area (Å²) in [6.07, 6.45) is 0. The predicted molar refractivity (Wildman–Crippen MR) is 79.4 cm³/mol. The smallest absolute Gasteiger partial charge is 0.123 e. The highest BCUT2D eigenvalue weighted by atomic mass is 15.3. The molecule has 1 aromatic carbocycles. The van der Waals surface area contributed by atoms with Crippen LogP contribution in [0.4, 0.5) is 0 Å². The van der Waals surface area contributed by atoms with Gasteiger partial charge in [-0.1, -0.05) is 31.2 Å². The van der Waals surface area contributed by atoms with E-state index in [2.05, 4.69) is 29.7 Å². The van der Waals surface area contributed by atoms with Gasteiger partial charge in [-0.25, -0.2) is 0 Å². The van der Waals surface area contributed by atoms with E-state index in [1.807, 2.05) is 18.2 Å². The van der Waals surface area contributed by atoms with Gasteiger partial charge < -0.3 is 5.73 Å². The summed E-state index contributed by atoms with van der Waals surface area (Å²) in [5.41, 5.74) is 7.68. The van der Waals surface area contributed by atoms with Crippen LogP contribution >= 0.6 is 0 Å². The molecule has 3 N–H and O–H groups in total. The summed E-state index contributed by atoms with van der Waals surface area (Å²) in [5.74, 6) is 0.163. The van der Waals surface area contributed by atoms with Crippen LogP contribution in [0.3, 0.4) is 0 Å². The summed E-state index contributed by atoms with van der Waals surface area (Å²) in [4.78, 5) is 4.96. The maximum absolute atomic E-state index is 7.65. The zero-order valence-electron chi connectivity index (χ0n) is 11.9. The van der Waals surface area contributed by atoms with E-state index >= 15 is 0 Å². The Morgan fingerprint density at radius 1 is 1.37 bits per heavy atom. The second kappa shape index (κ2) is 6.17. The van der Waals surface area contributed by atoms with Crippen molar-refractivity contribution >= 4 is 5.84 Å². The summed E-state index contributed by atoms with van der Waals surface area (Å²) in [7, 11) is 0. The maximum Gasteiger partial charge on any atom is 0.123 e. The van der Waals surface area contributed by atoms with Gasteiger partial charge in [0.15, 0.2) is 0 Å². The van der Waals surface area contributed by atoms with E-state index in [9.17, 15) is 0 Å². The first-order valence-corrected chi connectivity index (χ1v) is 7.00. The second-order valence-corrected chi connectivity index (χ2v) is 5.28. The molecule has 1 fully saturated rings. The summed E-state index contributed by atoms with van der Waals surface area (Å²) in [5, 5.41) is 7.65. The number of nitrogens with two attached hydrogens (primary N) is 1. The molecule has 1 aliphatic heterocycles. The van der Waals surface area contributed by atoms with Crippen molar-refractivity contribution in [3.05, 3.63) is 35.4 Å². The summed E-state index contributed by atoms with van der Waals surface area (Å²) in [6, 6.07) is 8.57. The van der Waals surface area contributed by atoms with Crippen LogP contribution in [0, 0.1) is 5.41 Å². The molecule has 0 radical (unpaired) electrons. The third-order valence-electron chi connectivity index (χ3n) is 3.96. The van der Waals surface area contributed by atoms with Gasteiger partial charge in [0.2, 0.25) is 0 Å². The Balaban J connectivity index is 2.04. The van der Waals surface area contributed by atoms with Crippen LogP contribution < -0.4 is 5.73 Å². The molecule has 1 aliphatic rings. The summed E-state index contributed by atoms with van der Waals surface area (Å²) >= 11 is 0. The van der Waals surface area contributed by atoms with Gasteiger partial charge in [-0.3, -0.25) is 15.2 Å². The molecule has 4 nitrogen and oxygen atoms in total. The normalized spacial score (nSPS) is 21.5. The van der Waals surface area contributed by atoms with Crippen molar-refractivity contribution in [2.24, 2.45) is 5.73 Å². The van der Waals surface area contributed by atoms with Gasteiger partial charge in [0.05, 0.1) is 0 Å². The molecular weight excluding hydrogens is 236 g/mol. The van der Waals surface area contributed by atoms with Gasteiger partial charge >= 0.3 is 0 Å². The van der Waals surface area contributed by atoms with Crippen molar-refractivity contribution in [1.29, 1.82) is 5.41 Å². The topological polar surface area (TPSA) is 56.4 Å². The SMILES string of the molecule is CCN1CCN(Cc2ccccc2C(=N)N)CC1C. The minimum Gasteiger partial charge on any atom is -0.384 e. The van der Waals surface area contributed by atoms with Gasteiger partial charge in [-0.2, -0.15) is 0 Å².